The molecular weight excluding hydrogens is 453 g/mol. The maximum atomic E-state index is 13.2. The van der Waals surface area contributed by atoms with Crippen molar-refractivity contribution < 1.29 is 26.4 Å². The lowest BCUT2D eigenvalue weighted by Gasteiger charge is -2.20. The summed E-state index contributed by atoms with van der Waals surface area (Å²) in [5.74, 6) is -0.634. The fourth-order valence-corrected chi connectivity index (χ4v) is 5.86. The molecule has 9 heteroatoms. The molecule has 0 saturated carbocycles. The van der Waals surface area contributed by atoms with Gasteiger partial charge >= 0.3 is 6.18 Å². The minimum Gasteiger partial charge on any atom is -0.341 e. The third-order valence-electron chi connectivity index (χ3n) is 5.96. The molecule has 1 aromatic heterocycles. The fourth-order valence-electron chi connectivity index (χ4n) is 4.29. The van der Waals surface area contributed by atoms with Gasteiger partial charge in [-0.25, -0.2) is 8.42 Å². The Bertz CT molecular complexity index is 1260. The van der Waals surface area contributed by atoms with E-state index in [4.69, 9.17) is 0 Å². The Kier molecular flexibility index (Phi) is 6.52. The number of amides is 1. The van der Waals surface area contributed by atoms with Crippen LogP contribution in [0.1, 0.15) is 36.8 Å². The maximum Gasteiger partial charge on any atom is 0.416 e. The molecule has 1 fully saturated rings. The van der Waals surface area contributed by atoms with E-state index in [1.165, 1.54) is 18.3 Å². The number of benzene rings is 2. The predicted molar refractivity (Wildman–Crippen MR) is 119 cm³/mol. The average Bonchev–Trinajstić information content (AvgIpc) is 2.94. The molecule has 1 saturated heterocycles. The molecule has 0 radical (unpaired) electrons. The van der Waals surface area contributed by atoms with Gasteiger partial charge in [-0.3, -0.25) is 4.79 Å². The number of likely N-dealkylation sites (tertiary alicyclic amines) is 1. The first-order chi connectivity index (χ1) is 15.6. The first-order valence-corrected chi connectivity index (χ1v) is 12.5. The summed E-state index contributed by atoms with van der Waals surface area (Å²) < 4.78 is 67.2. The number of rotatable bonds is 5. The number of hydrogen-bond donors (Lipinski definition) is 0. The van der Waals surface area contributed by atoms with Crippen molar-refractivity contribution in [3.05, 3.63) is 65.9 Å². The molecule has 176 valence electrons. The summed E-state index contributed by atoms with van der Waals surface area (Å²) >= 11 is 0. The van der Waals surface area contributed by atoms with E-state index in [-0.39, 0.29) is 22.9 Å². The molecule has 0 aliphatic carbocycles. The first-order valence-electron chi connectivity index (χ1n) is 10.9. The molecule has 2 heterocycles. The van der Waals surface area contributed by atoms with Crippen LogP contribution >= 0.6 is 0 Å². The number of para-hydroxylation sites is 1. The van der Waals surface area contributed by atoms with Gasteiger partial charge in [0.05, 0.1) is 16.2 Å². The van der Waals surface area contributed by atoms with Crippen molar-refractivity contribution in [2.24, 2.45) is 0 Å². The smallest absolute Gasteiger partial charge is 0.341 e. The molecule has 33 heavy (non-hydrogen) atoms. The van der Waals surface area contributed by atoms with Crippen LogP contribution in [0.25, 0.3) is 10.9 Å². The Hall–Kier alpha value is -2.81. The molecule has 1 amide bonds. The van der Waals surface area contributed by atoms with E-state index in [1.807, 2.05) is 4.90 Å². The van der Waals surface area contributed by atoms with Gasteiger partial charge in [0.25, 0.3) is 0 Å². The van der Waals surface area contributed by atoms with Crippen LogP contribution in [-0.2, 0) is 33.1 Å². The molecule has 1 aliphatic rings. The van der Waals surface area contributed by atoms with Crippen molar-refractivity contribution in [1.29, 1.82) is 0 Å². The zero-order valence-corrected chi connectivity index (χ0v) is 18.8. The van der Waals surface area contributed by atoms with Crippen molar-refractivity contribution in [2.75, 3.05) is 13.1 Å². The van der Waals surface area contributed by atoms with Crippen LogP contribution in [0.15, 0.2) is 59.6 Å². The predicted octanol–water partition coefficient (Wildman–Crippen LogP) is 5.04. The van der Waals surface area contributed by atoms with Gasteiger partial charge in [0, 0.05) is 30.2 Å². The number of fused-ring (bicyclic) bond motifs is 1. The largest absolute Gasteiger partial charge is 0.416 e. The summed E-state index contributed by atoms with van der Waals surface area (Å²) in [7, 11) is -3.96. The van der Waals surface area contributed by atoms with Crippen LogP contribution < -0.4 is 0 Å². The second-order valence-electron chi connectivity index (χ2n) is 8.39. The van der Waals surface area contributed by atoms with E-state index in [0.717, 1.165) is 37.8 Å². The van der Waals surface area contributed by atoms with Gasteiger partial charge in [0.15, 0.2) is 9.84 Å². The van der Waals surface area contributed by atoms with Crippen LogP contribution in [0.3, 0.4) is 0 Å². The minimum atomic E-state index is -4.55. The second-order valence-corrected chi connectivity index (χ2v) is 10.3. The number of alkyl halides is 3. The number of aromatic nitrogens is 1. The molecule has 0 spiro atoms. The minimum absolute atomic E-state index is 0.0131. The Morgan fingerprint density at radius 2 is 1.64 bits per heavy atom. The van der Waals surface area contributed by atoms with Gasteiger partial charge in [-0.15, -0.1) is 0 Å². The summed E-state index contributed by atoms with van der Waals surface area (Å²) in [6, 6.07) is 11.2. The van der Waals surface area contributed by atoms with E-state index >= 15 is 0 Å². The van der Waals surface area contributed by atoms with Gasteiger partial charge in [-0.1, -0.05) is 49.2 Å². The number of halogens is 3. The summed E-state index contributed by atoms with van der Waals surface area (Å²) in [4.78, 5) is 14.7. The van der Waals surface area contributed by atoms with E-state index in [0.29, 0.717) is 24.0 Å². The second kappa shape index (κ2) is 9.21. The molecule has 0 unspecified atom stereocenters. The summed E-state index contributed by atoms with van der Waals surface area (Å²) in [6.45, 7) is 1.40. The van der Waals surface area contributed by atoms with E-state index in [2.05, 4.69) is 0 Å². The van der Waals surface area contributed by atoms with Crippen molar-refractivity contribution in [3.8, 4) is 0 Å². The Morgan fingerprint density at radius 1 is 0.939 bits per heavy atom. The third kappa shape index (κ3) is 5.24. The van der Waals surface area contributed by atoms with E-state index in [9.17, 15) is 26.4 Å². The van der Waals surface area contributed by atoms with Crippen molar-refractivity contribution in [1.82, 2.24) is 9.47 Å². The maximum absolute atomic E-state index is 13.2. The highest BCUT2D eigenvalue weighted by molar-refractivity contribution is 7.90. The molecular formula is C24H25F3N2O3S. The third-order valence-corrected chi connectivity index (χ3v) is 7.67. The van der Waals surface area contributed by atoms with E-state index < -0.39 is 27.3 Å². The zero-order chi connectivity index (χ0) is 23.6. The number of carbonyl (C=O) groups excluding carboxylic acids is 1. The zero-order valence-electron chi connectivity index (χ0n) is 18.0. The Balaban J connectivity index is 1.65. The average molecular weight is 479 g/mol. The van der Waals surface area contributed by atoms with Gasteiger partial charge in [-0.05, 0) is 30.5 Å². The van der Waals surface area contributed by atoms with Crippen molar-refractivity contribution >= 4 is 26.6 Å². The fraction of sp³-hybridized carbons (Fsp3) is 0.375. The van der Waals surface area contributed by atoms with Crippen LogP contribution in [0.4, 0.5) is 13.2 Å². The number of sulfone groups is 1. The van der Waals surface area contributed by atoms with Gasteiger partial charge < -0.3 is 9.47 Å². The molecule has 4 rings (SSSR count). The van der Waals surface area contributed by atoms with Crippen LogP contribution in [0, 0.1) is 0 Å². The van der Waals surface area contributed by atoms with Crippen LogP contribution in [-0.4, -0.2) is 36.9 Å². The first kappa shape index (κ1) is 23.4. The molecule has 0 bridgehead atoms. The Morgan fingerprint density at radius 3 is 2.33 bits per heavy atom. The number of carbonyl (C=O) groups is 1. The van der Waals surface area contributed by atoms with Gasteiger partial charge in [-0.2, -0.15) is 13.2 Å². The summed E-state index contributed by atoms with van der Waals surface area (Å²) in [5.41, 5.74) is -0.230. The quantitative estimate of drug-likeness (QED) is 0.517. The van der Waals surface area contributed by atoms with Gasteiger partial charge in [0.2, 0.25) is 5.91 Å². The highest BCUT2D eigenvalue weighted by Crippen LogP contribution is 2.32. The molecule has 0 N–H and O–H groups in total. The molecule has 1 aliphatic heterocycles. The summed E-state index contributed by atoms with van der Waals surface area (Å²) in [6.07, 6.45) is 0.971. The van der Waals surface area contributed by atoms with Crippen LogP contribution in [0.2, 0.25) is 0 Å². The van der Waals surface area contributed by atoms with E-state index in [1.54, 1.807) is 28.8 Å². The highest BCUT2D eigenvalue weighted by atomic mass is 32.2. The van der Waals surface area contributed by atoms with Crippen molar-refractivity contribution in [2.45, 2.75) is 49.1 Å². The molecule has 2 aromatic carbocycles. The molecule has 5 nitrogen and oxygen atoms in total. The van der Waals surface area contributed by atoms with Crippen molar-refractivity contribution in [3.63, 3.8) is 0 Å². The topological polar surface area (TPSA) is 59.4 Å². The number of hydrogen-bond acceptors (Lipinski definition) is 3. The lowest BCUT2D eigenvalue weighted by molar-refractivity contribution is -0.137. The lowest BCUT2D eigenvalue weighted by Crippen LogP contribution is -2.34. The lowest BCUT2D eigenvalue weighted by atomic mass is 10.1. The standard InChI is InChI=1S/C24H25F3N2O3S/c25-24(26,27)19-9-7-8-18(14-19)17-33(31,32)22-15-29(21-11-4-3-10-20(21)22)16-23(30)28-12-5-1-2-6-13-28/h3-4,7-11,14-15H,1-2,5-6,12-13,16-17H2. The number of nitrogens with zero attached hydrogens (tertiary/aromatic N) is 2. The summed E-state index contributed by atoms with van der Waals surface area (Å²) in [5, 5.41) is 0.452. The normalized spacial score (nSPS) is 15.5. The van der Waals surface area contributed by atoms with Crippen LogP contribution in [0.5, 0.6) is 0 Å². The van der Waals surface area contributed by atoms with Gasteiger partial charge in [0.1, 0.15) is 6.54 Å². The Labute approximate surface area is 190 Å². The monoisotopic (exact) mass is 478 g/mol. The SMILES string of the molecule is O=C(Cn1cc(S(=O)(=O)Cc2cccc(C(F)(F)F)c2)c2ccccc21)N1CCCCCC1. The molecule has 3 aromatic rings. The highest BCUT2D eigenvalue weighted by Gasteiger charge is 2.31. The molecule has 0 atom stereocenters.